The van der Waals surface area contributed by atoms with Crippen molar-refractivity contribution in [1.29, 1.82) is 0 Å². The van der Waals surface area contributed by atoms with E-state index >= 15 is 0 Å². The molecule has 15 heavy (non-hydrogen) atoms. The van der Waals surface area contributed by atoms with Crippen LogP contribution >= 0.6 is 11.6 Å². The van der Waals surface area contributed by atoms with Gasteiger partial charge in [-0.1, -0.05) is 18.0 Å². The maximum atomic E-state index is 13.5. The summed E-state index contributed by atoms with van der Waals surface area (Å²) in [6.45, 7) is 1.79. The Hall–Kier alpha value is -0.600. The standard InChI is InChI=1S/C12H15ClFN/c1-7-10(14)6-9(13)8-4-2-3-5-11(15)12(7)8/h6,11H,2-5,15H2,1H3/t11-/m1/s1. The number of fused-ring (bicyclic) bond motifs is 1. The predicted molar refractivity (Wildman–Crippen MR) is 60.6 cm³/mol. The zero-order valence-corrected chi connectivity index (χ0v) is 9.57. The molecule has 0 aromatic heterocycles. The summed E-state index contributed by atoms with van der Waals surface area (Å²) in [5, 5.41) is 0.533. The summed E-state index contributed by atoms with van der Waals surface area (Å²) in [5.41, 5.74) is 8.73. The molecule has 1 aliphatic carbocycles. The summed E-state index contributed by atoms with van der Waals surface area (Å²) in [4.78, 5) is 0. The minimum Gasteiger partial charge on any atom is -0.324 e. The SMILES string of the molecule is Cc1c(F)cc(Cl)c2c1[C@H](N)CCCC2. The van der Waals surface area contributed by atoms with E-state index in [9.17, 15) is 4.39 Å². The van der Waals surface area contributed by atoms with Crippen molar-refractivity contribution in [1.82, 2.24) is 0 Å². The van der Waals surface area contributed by atoms with Gasteiger partial charge >= 0.3 is 0 Å². The van der Waals surface area contributed by atoms with Crippen molar-refractivity contribution in [3.05, 3.63) is 33.6 Å². The van der Waals surface area contributed by atoms with Crippen LogP contribution in [0.5, 0.6) is 0 Å². The number of hydrogen-bond acceptors (Lipinski definition) is 1. The van der Waals surface area contributed by atoms with Gasteiger partial charge in [-0.15, -0.1) is 0 Å². The molecular formula is C12H15ClFN. The Kier molecular flexibility index (Phi) is 2.98. The molecular weight excluding hydrogens is 213 g/mol. The topological polar surface area (TPSA) is 26.0 Å². The lowest BCUT2D eigenvalue weighted by Gasteiger charge is -2.17. The monoisotopic (exact) mass is 227 g/mol. The van der Waals surface area contributed by atoms with Crippen LogP contribution in [0.15, 0.2) is 6.07 Å². The molecule has 82 valence electrons. The molecule has 0 saturated carbocycles. The Bertz CT molecular complexity index is 390. The Morgan fingerprint density at radius 3 is 2.93 bits per heavy atom. The molecule has 2 rings (SSSR count). The molecule has 0 amide bonds. The van der Waals surface area contributed by atoms with Gasteiger partial charge in [0, 0.05) is 11.1 Å². The first-order valence-electron chi connectivity index (χ1n) is 5.34. The lowest BCUT2D eigenvalue weighted by atomic mass is 9.94. The smallest absolute Gasteiger partial charge is 0.127 e. The second-order valence-electron chi connectivity index (χ2n) is 4.21. The molecule has 1 nitrogen and oxygen atoms in total. The summed E-state index contributed by atoms with van der Waals surface area (Å²) >= 11 is 6.06. The van der Waals surface area contributed by atoms with E-state index in [1.54, 1.807) is 6.92 Å². The summed E-state index contributed by atoms with van der Waals surface area (Å²) in [6, 6.07) is 1.35. The molecule has 0 aliphatic heterocycles. The molecule has 3 heteroatoms. The van der Waals surface area contributed by atoms with Crippen LogP contribution in [0.1, 0.15) is 42.0 Å². The van der Waals surface area contributed by atoms with Gasteiger partial charge in [-0.3, -0.25) is 0 Å². The lowest BCUT2D eigenvalue weighted by Crippen LogP contribution is -2.13. The van der Waals surface area contributed by atoms with Crippen molar-refractivity contribution in [3.63, 3.8) is 0 Å². The van der Waals surface area contributed by atoms with Gasteiger partial charge in [0.05, 0.1) is 0 Å². The molecule has 1 aromatic carbocycles. The van der Waals surface area contributed by atoms with Gasteiger partial charge in [-0.05, 0) is 48.9 Å². The first kappa shape index (κ1) is 10.9. The summed E-state index contributed by atoms with van der Waals surface area (Å²) in [7, 11) is 0. The molecule has 1 aliphatic rings. The van der Waals surface area contributed by atoms with Crippen molar-refractivity contribution in [2.45, 2.75) is 38.6 Å². The minimum absolute atomic E-state index is 0.0595. The van der Waals surface area contributed by atoms with Crippen LogP contribution in [0.3, 0.4) is 0 Å². The molecule has 0 unspecified atom stereocenters. The Labute approximate surface area is 94.4 Å². The maximum absolute atomic E-state index is 13.5. The van der Waals surface area contributed by atoms with Crippen molar-refractivity contribution >= 4 is 11.6 Å². The van der Waals surface area contributed by atoms with Gasteiger partial charge in [0.15, 0.2) is 0 Å². The predicted octanol–water partition coefficient (Wildman–Crippen LogP) is 3.51. The third-order valence-corrected chi connectivity index (χ3v) is 3.53. The average Bonchev–Trinajstić information content (AvgIpc) is 2.37. The number of rotatable bonds is 0. The van der Waals surface area contributed by atoms with E-state index in [-0.39, 0.29) is 11.9 Å². The van der Waals surface area contributed by atoms with Crippen molar-refractivity contribution in [3.8, 4) is 0 Å². The first-order valence-corrected chi connectivity index (χ1v) is 5.72. The zero-order chi connectivity index (χ0) is 11.0. The van der Waals surface area contributed by atoms with E-state index in [0.29, 0.717) is 10.6 Å². The second-order valence-corrected chi connectivity index (χ2v) is 4.62. The Morgan fingerprint density at radius 1 is 1.47 bits per heavy atom. The Morgan fingerprint density at radius 2 is 2.20 bits per heavy atom. The molecule has 0 radical (unpaired) electrons. The van der Waals surface area contributed by atoms with Gasteiger partial charge in [0.2, 0.25) is 0 Å². The largest absolute Gasteiger partial charge is 0.324 e. The highest BCUT2D eigenvalue weighted by Gasteiger charge is 2.21. The fourth-order valence-electron chi connectivity index (χ4n) is 2.36. The molecule has 0 fully saturated rings. The van der Waals surface area contributed by atoms with Crippen molar-refractivity contribution < 1.29 is 4.39 Å². The van der Waals surface area contributed by atoms with Gasteiger partial charge in [0.1, 0.15) is 5.82 Å². The first-order chi connectivity index (χ1) is 7.11. The van der Waals surface area contributed by atoms with E-state index in [1.165, 1.54) is 6.07 Å². The van der Waals surface area contributed by atoms with E-state index in [2.05, 4.69) is 0 Å². The van der Waals surface area contributed by atoms with Crippen LogP contribution in [-0.4, -0.2) is 0 Å². The van der Waals surface area contributed by atoms with Crippen LogP contribution in [0, 0.1) is 12.7 Å². The molecule has 0 heterocycles. The van der Waals surface area contributed by atoms with Crippen LogP contribution in [0.2, 0.25) is 5.02 Å². The van der Waals surface area contributed by atoms with Crippen LogP contribution in [0.25, 0.3) is 0 Å². The lowest BCUT2D eigenvalue weighted by molar-refractivity contribution is 0.591. The number of hydrogen-bond donors (Lipinski definition) is 1. The summed E-state index contributed by atoms with van der Waals surface area (Å²) in [6.07, 6.45) is 4.02. The molecule has 0 bridgehead atoms. The Balaban J connectivity index is 2.63. The minimum atomic E-state index is -0.240. The third-order valence-electron chi connectivity index (χ3n) is 3.19. The zero-order valence-electron chi connectivity index (χ0n) is 8.82. The molecule has 0 spiro atoms. The van der Waals surface area contributed by atoms with Gasteiger partial charge in [-0.25, -0.2) is 4.39 Å². The summed E-state index contributed by atoms with van der Waals surface area (Å²) in [5.74, 6) is -0.240. The molecule has 1 aromatic rings. The van der Waals surface area contributed by atoms with E-state index < -0.39 is 0 Å². The van der Waals surface area contributed by atoms with Gasteiger partial charge < -0.3 is 5.73 Å². The second kappa shape index (κ2) is 4.11. The highest BCUT2D eigenvalue weighted by atomic mass is 35.5. The number of halogens is 2. The van der Waals surface area contributed by atoms with Crippen molar-refractivity contribution in [2.75, 3.05) is 0 Å². The maximum Gasteiger partial charge on any atom is 0.127 e. The number of nitrogens with two attached hydrogens (primary N) is 1. The number of benzene rings is 1. The highest BCUT2D eigenvalue weighted by molar-refractivity contribution is 6.31. The van der Waals surface area contributed by atoms with Crippen LogP contribution in [-0.2, 0) is 6.42 Å². The van der Waals surface area contributed by atoms with Crippen molar-refractivity contribution in [2.24, 2.45) is 5.73 Å². The normalized spacial score (nSPS) is 20.9. The van der Waals surface area contributed by atoms with E-state index in [1.807, 2.05) is 0 Å². The third kappa shape index (κ3) is 1.88. The molecule has 0 saturated heterocycles. The van der Waals surface area contributed by atoms with Crippen LogP contribution < -0.4 is 5.73 Å². The summed E-state index contributed by atoms with van der Waals surface area (Å²) < 4.78 is 13.5. The van der Waals surface area contributed by atoms with Gasteiger partial charge in [-0.2, -0.15) is 0 Å². The van der Waals surface area contributed by atoms with Crippen LogP contribution in [0.4, 0.5) is 4.39 Å². The van der Waals surface area contributed by atoms with E-state index in [0.717, 1.165) is 36.8 Å². The quantitative estimate of drug-likeness (QED) is 0.675. The molecule has 2 N–H and O–H groups in total. The van der Waals surface area contributed by atoms with E-state index in [4.69, 9.17) is 17.3 Å². The fraction of sp³-hybridized carbons (Fsp3) is 0.500. The highest BCUT2D eigenvalue weighted by Crippen LogP contribution is 2.35. The van der Waals surface area contributed by atoms with Gasteiger partial charge in [0.25, 0.3) is 0 Å². The average molecular weight is 228 g/mol. The fourth-order valence-corrected chi connectivity index (χ4v) is 2.65. The molecule has 1 atom stereocenters.